The van der Waals surface area contributed by atoms with Crippen molar-refractivity contribution in [3.8, 4) is 11.1 Å². The molecule has 3 aromatic rings. The molecule has 0 unspecified atom stereocenters. The number of benzene rings is 3. The molecule has 0 spiro atoms. The molecule has 3 rings (SSSR count). The predicted molar refractivity (Wildman–Crippen MR) is 111 cm³/mol. The Hall–Kier alpha value is -2.43. The van der Waals surface area contributed by atoms with Gasteiger partial charge in [-0.3, -0.25) is 0 Å². The van der Waals surface area contributed by atoms with Crippen LogP contribution in [0.5, 0.6) is 0 Å². The second-order valence-electron chi connectivity index (χ2n) is 6.87. The van der Waals surface area contributed by atoms with Crippen molar-refractivity contribution in [2.75, 3.05) is 6.54 Å². The van der Waals surface area contributed by atoms with E-state index in [4.69, 9.17) is 5.73 Å². The van der Waals surface area contributed by atoms with Crippen LogP contribution in [0, 0.1) is 6.92 Å². The molecule has 0 radical (unpaired) electrons. The molecule has 4 heteroatoms. The first-order chi connectivity index (χ1) is 13.0. The van der Waals surface area contributed by atoms with Gasteiger partial charge in [-0.15, -0.1) is 0 Å². The van der Waals surface area contributed by atoms with Gasteiger partial charge in [0.15, 0.2) is 9.84 Å². The van der Waals surface area contributed by atoms with Crippen molar-refractivity contribution < 1.29 is 8.42 Å². The van der Waals surface area contributed by atoms with Crippen molar-refractivity contribution >= 4 is 9.84 Å². The van der Waals surface area contributed by atoms with Crippen molar-refractivity contribution in [2.24, 2.45) is 5.73 Å². The van der Waals surface area contributed by atoms with E-state index in [1.54, 1.807) is 12.1 Å². The van der Waals surface area contributed by atoms with Crippen molar-refractivity contribution in [3.63, 3.8) is 0 Å². The molecule has 2 N–H and O–H groups in total. The molecule has 0 saturated heterocycles. The van der Waals surface area contributed by atoms with Gasteiger partial charge in [0.05, 0.1) is 10.6 Å². The Balaban J connectivity index is 1.86. The smallest absolute Gasteiger partial charge is 0.182 e. The molecule has 0 aliphatic rings. The van der Waals surface area contributed by atoms with E-state index < -0.39 is 9.84 Å². The summed E-state index contributed by atoms with van der Waals surface area (Å²) < 4.78 is 25.9. The molecule has 0 aliphatic heterocycles. The molecular weight excluding hydrogens is 354 g/mol. The maximum atomic E-state index is 13.0. The monoisotopic (exact) mass is 379 g/mol. The molecule has 3 aromatic carbocycles. The van der Waals surface area contributed by atoms with Gasteiger partial charge in [0, 0.05) is 0 Å². The fourth-order valence-corrected chi connectivity index (χ4v) is 4.56. The summed E-state index contributed by atoms with van der Waals surface area (Å²) in [7, 11) is -3.42. The van der Waals surface area contributed by atoms with Gasteiger partial charge in [-0.2, -0.15) is 0 Å². The Morgan fingerprint density at radius 1 is 0.815 bits per heavy atom. The Kier molecular flexibility index (Phi) is 6.09. The van der Waals surface area contributed by atoms with Gasteiger partial charge in [0.1, 0.15) is 0 Å². The van der Waals surface area contributed by atoms with E-state index in [-0.39, 0.29) is 5.75 Å². The summed E-state index contributed by atoms with van der Waals surface area (Å²) >= 11 is 0. The zero-order chi connectivity index (χ0) is 19.3. The van der Waals surface area contributed by atoms with Crippen molar-refractivity contribution in [2.45, 2.75) is 30.4 Å². The minimum Gasteiger partial charge on any atom is -0.330 e. The van der Waals surface area contributed by atoms with Crippen molar-refractivity contribution in [1.82, 2.24) is 0 Å². The van der Waals surface area contributed by atoms with E-state index in [2.05, 4.69) is 6.07 Å². The van der Waals surface area contributed by atoms with Gasteiger partial charge in [-0.05, 0) is 60.7 Å². The molecule has 0 saturated carbocycles. The van der Waals surface area contributed by atoms with Gasteiger partial charge in [0.25, 0.3) is 0 Å². The van der Waals surface area contributed by atoms with Crippen LogP contribution < -0.4 is 5.73 Å². The van der Waals surface area contributed by atoms with Gasteiger partial charge < -0.3 is 5.73 Å². The number of rotatable bonds is 7. The largest absolute Gasteiger partial charge is 0.330 e. The number of aryl methyl sites for hydroxylation is 2. The molecule has 140 valence electrons. The maximum Gasteiger partial charge on any atom is 0.182 e. The quantitative estimate of drug-likeness (QED) is 0.656. The van der Waals surface area contributed by atoms with Crippen LogP contribution in [-0.2, 0) is 22.0 Å². The lowest BCUT2D eigenvalue weighted by atomic mass is 10.0. The van der Waals surface area contributed by atoms with Crippen LogP contribution in [0.25, 0.3) is 11.1 Å². The molecule has 0 bridgehead atoms. The molecule has 0 atom stereocenters. The van der Waals surface area contributed by atoms with Crippen molar-refractivity contribution in [3.05, 3.63) is 89.5 Å². The van der Waals surface area contributed by atoms with Gasteiger partial charge in [-0.1, -0.05) is 66.2 Å². The molecule has 27 heavy (non-hydrogen) atoms. The van der Waals surface area contributed by atoms with Crippen LogP contribution in [0.15, 0.2) is 77.7 Å². The summed E-state index contributed by atoms with van der Waals surface area (Å²) in [6, 6.07) is 23.0. The van der Waals surface area contributed by atoms with Crippen LogP contribution in [0.3, 0.4) is 0 Å². The third-order valence-electron chi connectivity index (χ3n) is 4.56. The summed E-state index contributed by atoms with van der Waals surface area (Å²) in [5, 5.41) is 0. The van der Waals surface area contributed by atoms with E-state index in [1.165, 1.54) is 0 Å². The fraction of sp³-hybridized carbons (Fsp3) is 0.217. The molecular formula is C23H25NO2S. The highest BCUT2D eigenvalue weighted by atomic mass is 32.2. The first-order valence-electron chi connectivity index (χ1n) is 9.16. The fourth-order valence-electron chi connectivity index (χ4n) is 3.18. The van der Waals surface area contributed by atoms with Crippen LogP contribution in [-0.4, -0.2) is 15.0 Å². The lowest BCUT2D eigenvalue weighted by Gasteiger charge is -2.09. The first-order valence-corrected chi connectivity index (χ1v) is 10.8. The molecule has 0 aromatic heterocycles. The van der Waals surface area contributed by atoms with E-state index in [9.17, 15) is 8.42 Å². The average Bonchev–Trinajstić information content (AvgIpc) is 2.66. The van der Waals surface area contributed by atoms with E-state index in [0.717, 1.165) is 40.7 Å². The Morgan fingerprint density at radius 2 is 1.48 bits per heavy atom. The van der Waals surface area contributed by atoms with Gasteiger partial charge >= 0.3 is 0 Å². The summed E-state index contributed by atoms with van der Waals surface area (Å²) in [6.07, 6.45) is 1.77. The summed E-state index contributed by atoms with van der Waals surface area (Å²) in [4.78, 5) is 0.355. The Bertz CT molecular complexity index is 1030. The van der Waals surface area contributed by atoms with Crippen LogP contribution in [0.4, 0.5) is 0 Å². The SMILES string of the molecule is Cc1cccc(-c2cccc(S(=O)(=O)Cc3cccc(CCCN)c3)c2)c1. The van der Waals surface area contributed by atoms with E-state index in [0.29, 0.717) is 11.4 Å². The van der Waals surface area contributed by atoms with Crippen LogP contribution in [0.2, 0.25) is 0 Å². The third-order valence-corrected chi connectivity index (χ3v) is 6.25. The summed E-state index contributed by atoms with van der Waals surface area (Å²) in [6.45, 7) is 2.66. The number of nitrogens with two attached hydrogens (primary N) is 1. The lowest BCUT2D eigenvalue weighted by Crippen LogP contribution is -2.06. The highest BCUT2D eigenvalue weighted by molar-refractivity contribution is 7.90. The average molecular weight is 380 g/mol. The normalized spacial score (nSPS) is 11.5. The van der Waals surface area contributed by atoms with Gasteiger partial charge in [0.2, 0.25) is 0 Å². The minimum absolute atomic E-state index is 0.000730. The van der Waals surface area contributed by atoms with Crippen LogP contribution in [0.1, 0.15) is 23.1 Å². The predicted octanol–water partition coefficient (Wildman–Crippen LogP) is 4.53. The van der Waals surface area contributed by atoms with Gasteiger partial charge in [-0.25, -0.2) is 8.42 Å². The molecule has 0 aliphatic carbocycles. The molecule has 0 heterocycles. The second kappa shape index (κ2) is 8.51. The zero-order valence-electron chi connectivity index (χ0n) is 15.6. The first kappa shape index (κ1) is 19.3. The zero-order valence-corrected chi connectivity index (χ0v) is 16.4. The van der Waals surface area contributed by atoms with Crippen molar-refractivity contribution in [1.29, 1.82) is 0 Å². The van der Waals surface area contributed by atoms with Crippen LogP contribution >= 0.6 is 0 Å². The second-order valence-corrected chi connectivity index (χ2v) is 8.86. The number of hydrogen-bond donors (Lipinski definition) is 1. The highest BCUT2D eigenvalue weighted by Gasteiger charge is 2.16. The summed E-state index contributed by atoms with van der Waals surface area (Å²) in [5.41, 5.74) is 10.6. The Labute approximate surface area is 161 Å². The minimum atomic E-state index is -3.42. The summed E-state index contributed by atoms with van der Waals surface area (Å²) in [5.74, 6) is 0.000730. The molecule has 3 nitrogen and oxygen atoms in total. The standard InChI is InChI=1S/C23H25NO2S/c1-18-6-2-10-21(14-18)22-11-4-12-23(16-22)27(25,26)17-20-8-3-7-19(15-20)9-5-13-24/h2-4,6-8,10-12,14-16H,5,9,13,17,24H2,1H3. The van der Waals surface area contributed by atoms with E-state index >= 15 is 0 Å². The van der Waals surface area contributed by atoms with E-state index in [1.807, 2.05) is 61.5 Å². The lowest BCUT2D eigenvalue weighted by molar-refractivity contribution is 0.595. The highest BCUT2D eigenvalue weighted by Crippen LogP contribution is 2.25. The topological polar surface area (TPSA) is 60.2 Å². The maximum absolute atomic E-state index is 13.0. The Morgan fingerprint density at radius 3 is 2.22 bits per heavy atom. The third kappa shape index (κ3) is 5.06. The number of sulfone groups is 1. The number of hydrogen-bond acceptors (Lipinski definition) is 3. The molecule has 0 amide bonds. The molecule has 0 fully saturated rings.